The monoisotopic (exact) mass is 327 g/mol. The van der Waals surface area contributed by atoms with Crippen LogP contribution in [0.1, 0.15) is 5.56 Å². The predicted molar refractivity (Wildman–Crippen MR) is 91.6 cm³/mol. The summed E-state index contributed by atoms with van der Waals surface area (Å²) in [6.07, 6.45) is 0. The first-order valence-electron chi connectivity index (χ1n) is 7.36. The van der Waals surface area contributed by atoms with Gasteiger partial charge in [0.2, 0.25) is 0 Å². The van der Waals surface area contributed by atoms with Crippen LogP contribution in [-0.4, -0.2) is 43.3 Å². The molecule has 0 bridgehead atoms. The van der Waals surface area contributed by atoms with Crippen LogP contribution in [-0.2, 0) is 0 Å². The van der Waals surface area contributed by atoms with Crippen LogP contribution in [0.2, 0.25) is 0 Å². The average Bonchev–Trinajstić information content (AvgIpc) is 2.62. The number of benzene rings is 1. The molecule has 0 saturated carbocycles. The number of nitrogens with one attached hydrogen (secondary N) is 1. The van der Waals surface area contributed by atoms with Crippen molar-refractivity contribution in [3.63, 3.8) is 0 Å². The van der Waals surface area contributed by atoms with Crippen LogP contribution in [0.3, 0.4) is 0 Å². The largest absolute Gasteiger partial charge is 0.468 e. The summed E-state index contributed by atoms with van der Waals surface area (Å²) in [4.78, 5) is 11.6. The molecule has 0 radical (unpaired) electrons. The quantitative estimate of drug-likeness (QED) is 0.873. The highest BCUT2D eigenvalue weighted by molar-refractivity contribution is 7.71. The van der Waals surface area contributed by atoms with Crippen molar-refractivity contribution in [3.8, 4) is 12.1 Å². The second kappa shape index (κ2) is 6.67. The molecule has 1 fully saturated rings. The van der Waals surface area contributed by atoms with E-state index in [2.05, 4.69) is 38.0 Å². The third kappa shape index (κ3) is 3.12. The SMILES string of the molecule is COc1nc(=S)c(C#N)c(N2CCN(c3ccccc3)CC2)[nH]1. The molecule has 1 aromatic carbocycles. The van der Waals surface area contributed by atoms with Gasteiger partial charge in [0.1, 0.15) is 17.5 Å². The number of para-hydroxylation sites is 1. The summed E-state index contributed by atoms with van der Waals surface area (Å²) in [5.41, 5.74) is 1.61. The molecule has 23 heavy (non-hydrogen) atoms. The molecule has 0 atom stereocenters. The number of anilines is 2. The molecule has 1 aliphatic heterocycles. The number of rotatable bonds is 3. The van der Waals surface area contributed by atoms with Crippen molar-refractivity contribution in [2.45, 2.75) is 0 Å². The van der Waals surface area contributed by atoms with E-state index in [1.54, 1.807) is 0 Å². The molecule has 0 aliphatic carbocycles. The summed E-state index contributed by atoms with van der Waals surface area (Å²) in [7, 11) is 1.52. The molecule has 2 aromatic rings. The molecule has 2 heterocycles. The highest BCUT2D eigenvalue weighted by Gasteiger charge is 2.21. The Labute approximate surface area is 139 Å². The third-order valence-electron chi connectivity index (χ3n) is 3.90. The maximum atomic E-state index is 9.37. The second-order valence-corrected chi connectivity index (χ2v) is 5.58. The number of hydrogen-bond donors (Lipinski definition) is 1. The summed E-state index contributed by atoms with van der Waals surface area (Å²) in [5.74, 6) is 0.692. The molecule has 1 saturated heterocycles. The Morgan fingerprint density at radius 2 is 1.83 bits per heavy atom. The summed E-state index contributed by atoms with van der Waals surface area (Å²) in [5, 5.41) is 9.37. The summed E-state index contributed by atoms with van der Waals surface area (Å²) < 4.78 is 5.40. The van der Waals surface area contributed by atoms with E-state index in [0.717, 1.165) is 26.2 Å². The van der Waals surface area contributed by atoms with E-state index >= 15 is 0 Å². The van der Waals surface area contributed by atoms with E-state index in [4.69, 9.17) is 17.0 Å². The van der Waals surface area contributed by atoms with Crippen LogP contribution in [0.25, 0.3) is 0 Å². The number of hydrogen-bond acceptors (Lipinski definition) is 6. The fourth-order valence-electron chi connectivity index (χ4n) is 2.70. The molecule has 0 unspecified atom stereocenters. The van der Waals surface area contributed by atoms with Crippen molar-refractivity contribution >= 4 is 23.7 Å². The van der Waals surface area contributed by atoms with Gasteiger partial charge in [-0.2, -0.15) is 10.2 Å². The number of H-pyrrole nitrogens is 1. The Bertz CT molecular complexity index is 775. The van der Waals surface area contributed by atoms with E-state index in [-0.39, 0.29) is 4.64 Å². The van der Waals surface area contributed by atoms with Gasteiger partial charge in [-0.3, -0.25) is 4.98 Å². The molecule has 1 N–H and O–H groups in total. The zero-order valence-corrected chi connectivity index (χ0v) is 13.6. The summed E-state index contributed by atoms with van der Waals surface area (Å²) in [6, 6.07) is 12.8. The fraction of sp³-hybridized carbons (Fsp3) is 0.312. The van der Waals surface area contributed by atoms with E-state index in [0.29, 0.717) is 17.4 Å². The predicted octanol–water partition coefficient (Wildman–Crippen LogP) is 2.35. The van der Waals surface area contributed by atoms with Gasteiger partial charge >= 0.3 is 0 Å². The summed E-state index contributed by atoms with van der Waals surface area (Å²) >= 11 is 5.19. The zero-order chi connectivity index (χ0) is 16.2. The van der Waals surface area contributed by atoms with Gasteiger partial charge in [0.05, 0.1) is 7.11 Å². The number of ether oxygens (including phenoxy) is 1. The number of aromatic nitrogens is 2. The molecule has 0 amide bonds. The van der Waals surface area contributed by atoms with Crippen molar-refractivity contribution in [2.75, 3.05) is 43.1 Å². The van der Waals surface area contributed by atoms with Gasteiger partial charge < -0.3 is 14.5 Å². The maximum Gasteiger partial charge on any atom is 0.296 e. The van der Waals surface area contributed by atoms with Gasteiger partial charge in [0, 0.05) is 31.9 Å². The van der Waals surface area contributed by atoms with E-state index < -0.39 is 0 Å². The highest BCUT2D eigenvalue weighted by Crippen LogP contribution is 2.23. The highest BCUT2D eigenvalue weighted by atomic mass is 32.1. The number of aromatic amines is 1. The first-order valence-corrected chi connectivity index (χ1v) is 7.77. The van der Waals surface area contributed by atoms with Gasteiger partial charge in [0.15, 0.2) is 4.64 Å². The Morgan fingerprint density at radius 1 is 1.17 bits per heavy atom. The Kier molecular flexibility index (Phi) is 4.44. The number of methoxy groups -OCH3 is 1. The first kappa shape index (κ1) is 15.3. The average molecular weight is 327 g/mol. The standard InChI is InChI=1S/C16H17N5OS/c1-22-16-18-14(13(11-17)15(23)19-16)21-9-7-20(8-10-21)12-5-3-2-4-6-12/h2-6H,7-10H2,1H3,(H,18,19,23). The smallest absolute Gasteiger partial charge is 0.296 e. The zero-order valence-electron chi connectivity index (χ0n) is 12.8. The molecule has 118 valence electrons. The van der Waals surface area contributed by atoms with Crippen LogP contribution >= 0.6 is 12.2 Å². The lowest BCUT2D eigenvalue weighted by Gasteiger charge is -2.37. The second-order valence-electron chi connectivity index (χ2n) is 5.20. The Hall–Kier alpha value is -2.59. The minimum Gasteiger partial charge on any atom is -0.468 e. The van der Waals surface area contributed by atoms with E-state index in [9.17, 15) is 5.26 Å². The minimum absolute atomic E-state index is 0.267. The van der Waals surface area contributed by atoms with E-state index in [1.165, 1.54) is 12.8 Å². The number of nitriles is 1. The van der Waals surface area contributed by atoms with E-state index in [1.807, 2.05) is 18.2 Å². The Morgan fingerprint density at radius 3 is 2.43 bits per heavy atom. The minimum atomic E-state index is 0.267. The van der Waals surface area contributed by atoms with Crippen molar-refractivity contribution < 1.29 is 4.74 Å². The molecular formula is C16H17N5OS. The third-order valence-corrected chi connectivity index (χ3v) is 4.20. The molecule has 1 aromatic heterocycles. The van der Waals surface area contributed by atoms with Gasteiger partial charge in [0.25, 0.3) is 6.01 Å². The normalized spacial score (nSPS) is 14.4. The van der Waals surface area contributed by atoms with Crippen LogP contribution < -0.4 is 14.5 Å². The molecule has 6 nitrogen and oxygen atoms in total. The van der Waals surface area contributed by atoms with Gasteiger partial charge in [-0.15, -0.1) is 0 Å². The van der Waals surface area contributed by atoms with Gasteiger partial charge in [-0.25, -0.2) is 0 Å². The van der Waals surface area contributed by atoms with Crippen LogP contribution in [0.4, 0.5) is 11.5 Å². The summed E-state index contributed by atoms with van der Waals surface area (Å²) in [6.45, 7) is 3.34. The topological polar surface area (TPSA) is 68.2 Å². The molecular weight excluding hydrogens is 310 g/mol. The fourth-order valence-corrected chi connectivity index (χ4v) is 2.93. The Balaban J connectivity index is 1.82. The lowest BCUT2D eigenvalue weighted by molar-refractivity contribution is 0.379. The molecule has 7 heteroatoms. The molecule has 1 aliphatic rings. The van der Waals surface area contributed by atoms with Crippen LogP contribution in [0, 0.1) is 16.0 Å². The van der Waals surface area contributed by atoms with Crippen LogP contribution in [0.15, 0.2) is 30.3 Å². The first-order chi connectivity index (χ1) is 11.2. The molecule has 3 rings (SSSR count). The van der Waals surface area contributed by atoms with Crippen molar-refractivity contribution in [1.82, 2.24) is 9.97 Å². The maximum absolute atomic E-state index is 9.37. The number of piperazine rings is 1. The van der Waals surface area contributed by atoms with Gasteiger partial charge in [-0.05, 0) is 12.1 Å². The van der Waals surface area contributed by atoms with Crippen molar-refractivity contribution in [1.29, 1.82) is 5.26 Å². The lowest BCUT2D eigenvalue weighted by atomic mass is 10.2. The van der Waals surface area contributed by atoms with Crippen molar-refractivity contribution in [3.05, 3.63) is 40.5 Å². The lowest BCUT2D eigenvalue weighted by Crippen LogP contribution is -2.47. The van der Waals surface area contributed by atoms with Gasteiger partial charge in [-0.1, -0.05) is 30.4 Å². The van der Waals surface area contributed by atoms with Crippen molar-refractivity contribution in [2.24, 2.45) is 0 Å². The molecule has 0 spiro atoms. The number of nitrogens with zero attached hydrogens (tertiary/aromatic N) is 4. The van der Waals surface area contributed by atoms with Crippen LogP contribution in [0.5, 0.6) is 6.01 Å².